The van der Waals surface area contributed by atoms with Crippen LogP contribution < -0.4 is 15.0 Å². The summed E-state index contributed by atoms with van der Waals surface area (Å²) in [6.45, 7) is 2.88. The molecule has 1 atom stereocenters. The smallest absolute Gasteiger partial charge is 0.266 e. The third kappa shape index (κ3) is 2.71. The molecule has 0 bridgehead atoms. The van der Waals surface area contributed by atoms with Crippen molar-refractivity contribution in [2.75, 3.05) is 19.9 Å². The zero-order chi connectivity index (χ0) is 15.5. The largest absolute Gasteiger partial charge is 0.454 e. The molecule has 1 aromatic carbocycles. The van der Waals surface area contributed by atoms with Gasteiger partial charge in [0.25, 0.3) is 11.8 Å². The number of likely N-dealkylation sites (tertiary alicyclic amines) is 1. The van der Waals surface area contributed by atoms with Gasteiger partial charge in [0.1, 0.15) is 6.04 Å². The number of hydroxylamine groups is 1. The van der Waals surface area contributed by atoms with Crippen LogP contribution >= 0.6 is 0 Å². The molecule has 1 aromatic rings. The molecule has 0 spiro atoms. The molecule has 0 aliphatic carbocycles. The Labute approximate surface area is 128 Å². The second-order valence-electron chi connectivity index (χ2n) is 5.12. The lowest BCUT2D eigenvalue weighted by atomic mass is 10.1. The summed E-state index contributed by atoms with van der Waals surface area (Å²) < 4.78 is 10.5. The molecule has 22 heavy (non-hydrogen) atoms. The van der Waals surface area contributed by atoms with Gasteiger partial charge >= 0.3 is 0 Å². The quantitative estimate of drug-likeness (QED) is 0.843. The van der Waals surface area contributed by atoms with Crippen molar-refractivity contribution in [1.82, 2.24) is 10.4 Å². The SMILES string of the molecule is CCONC(=O)[C@H]1CCCN1C(=O)c1ccc2c(c1)OCO2. The number of benzene rings is 1. The molecule has 0 aromatic heterocycles. The molecule has 0 saturated carbocycles. The molecule has 118 valence electrons. The maximum atomic E-state index is 12.6. The summed E-state index contributed by atoms with van der Waals surface area (Å²) in [7, 11) is 0. The monoisotopic (exact) mass is 306 g/mol. The van der Waals surface area contributed by atoms with Gasteiger partial charge in [-0.2, -0.15) is 0 Å². The van der Waals surface area contributed by atoms with Crippen molar-refractivity contribution in [2.24, 2.45) is 0 Å². The zero-order valence-electron chi connectivity index (χ0n) is 12.3. The van der Waals surface area contributed by atoms with Gasteiger partial charge in [-0.1, -0.05) is 0 Å². The molecule has 2 heterocycles. The van der Waals surface area contributed by atoms with E-state index < -0.39 is 6.04 Å². The van der Waals surface area contributed by atoms with Crippen LogP contribution in [0.2, 0.25) is 0 Å². The van der Waals surface area contributed by atoms with Gasteiger partial charge in [-0.15, -0.1) is 0 Å². The van der Waals surface area contributed by atoms with Crippen LogP contribution in [-0.2, 0) is 9.63 Å². The number of fused-ring (bicyclic) bond motifs is 1. The summed E-state index contributed by atoms with van der Waals surface area (Å²) >= 11 is 0. The van der Waals surface area contributed by atoms with E-state index in [2.05, 4.69) is 5.48 Å². The first-order valence-corrected chi connectivity index (χ1v) is 7.33. The van der Waals surface area contributed by atoms with E-state index in [4.69, 9.17) is 14.3 Å². The summed E-state index contributed by atoms with van der Waals surface area (Å²) in [5.74, 6) is 0.713. The van der Waals surface area contributed by atoms with E-state index in [1.807, 2.05) is 0 Å². The topological polar surface area (TPSA) is 77.1 Å². The van der Waals surface area contributed by atoms with E-state index in [0.717, 1.165) is 6.42 Å². The van der Waals surface area contributed by atoms with Crippen molar-refractivity contribution in [3.05, 3.63) is 23.8 Å². The Hall–Kier alpha value is -2.28. The second kappa shape index (κ2) is 6.23. The predicted octanol–water partition coefficient (Wildman–Crippen LogP) is 1.09. The number of hydrogen-bond donors (Lipinski definition) is 1. The number of rotatable bonds is 4. The Kier molecular flexibility index (Phi) is 4.15. The first-order chi connectivity index (χ1) is 10.7. The van der Waals surface area contributed by atoms with Gasteiger partial charge in [0.15, 0.2) is 11.5 Å². The van der Waals surface area contributed by atoms with Crippen LogP contribution in [0, 0.1) is 0 Å². The maximum Gasteiger partial charge on any atom is 0.266 e. The fraction of sp³-hybridized carbons (Fsp3) is 0.467. The summed E-state index contributed by atoms with van der Waals surface area (Å²) in [5, 5.41) is 0. The average molecular weight is 306 g/mol. The number of nitrogens with one attached hydrogen (secondary N) is 1. The van der Waals surface area contributed by atoms with Gasteiger partial charge in [-0.25, -0.2) is 5.48 Å². The fourth-order valence-corrected chi connectivity index (χ4v) is 2.69. The molecule has 7 heteroatoms. The molecule has 1 N–H and O–H groups in total. The number of nitrogens with zero attached hydrogens (tertiary/aromatic N) is 1. The minimum atomic E-state index is -0.496. The number of amides is 2. The van der Waals surface area contributed by atoms with Crippen molar-refractivity contribution in [2.45, 2.75) is 25.8 Å². The highest BCUT2D eigenvalue weighted by Gasteiger charge is 2.35. The molecular weight excluding hydrogens is 288 g/mol. The van der Waals surface area contributed by atoms with Crippen molar-refractivity contribution in [3.63, 3.8) is 0 Å². The average Bonchev–Trinajstić information content (AvgIpc) is 3.19. The fourth-order valence-electron chi connectivity index (χ4n) is 2.69. The Balaban J connectivity index is 1.74. The normalized spacial score (nSPS) is 19.3. The molecule has 0 radical (unpaired) electrons. The Morgan fingerprint density at radius 3 is 3.00 bits per heavy atom. The van der Waals surface area contributed by atoms with E-state index in [1.54, 1.807) is 30.0 Å². The lowest BCUT2D eigenvalue weighted by Gasteiger charge is -2.23. The minimum Gasteiger partial charge on any atom is -0.454 e. The summed E-state index contributed by atoms with van der Waals surface area (Å²) in [5.41, 5.74) is 2.86. The molecular formula is C15H18N2O5. The van der Waals surface area contributed by atoms with Crippen molar-refractivity contribution in [3.8, 4) is 11.5 Å². The number of carbonyl (C=O) groups is 2. The van der Waals surface area contributed by atoms with Gasteiger partial charge < -0.3 is 14.4 Å². The van der Waals surface area contributed by atoms with Gasteiger partial charge in [-0.05, 0) is 38.0 Å². The van der Waals surface area contributed by atoms with Gasteiger partial charge in [-0.3, -0.25) is 14.4 Å². The summed E-state index contributed by atoms with van der Waals surface area (Å²) in [4.78, 5) is 31.2. The van der Waals surface area contributed by atoms with Crippen LogP contribution in [0.15, 0.2) is 18.2 Å². The first kappa shape index (κ1) is 14.6. The van der Waals surface area contributed by atoms with Crippen LogP contribution in [0.5, 0.6) is 11.5 Å². The van der Waals surface area contributed by atoms with Crippen molar-refractivity contribution in [1.29, 1.82) is 0 Å². The van der Waals surface area contributed by atoms with Gasteiger partial charge in [0.05, 0.1) is 6.61 Å². The van der Waals surface area contributed by atoms with E-state index in [1.165, 1.54) is 0 Å². The number of carbonyl (C=O) groups excluding carboxylic acids is 2. The highest BCUT2D eigenvalue weighted by atomic mass is 16.7. The Bertz CT molecular complexity index is 589. The zero-order valence-corrected chi connectivity index (χ0v) is 12.3. The van der Waals surface area contributed by atoms with E-state index in [0.29, 0.717) is 36.6 Å². The van der Waals surface area contributed by atoms with Crippen LogP contribution in [-0.4, -0.2) is 42.7 Å². The van der Waals surface area contributed by atoms with Crippen LogP contribution in [0.25, 0.3) is 0 Å². The van der Waals surface area contributed by atoms with E-state index >= 15 is 0 Å². The highest BCUT2D eigenvalue weighted by Crippen LogP contribution is 2.33. The lowest BCUT2D eigenvalue weighted by molar-refractivity contribution is -0.137. The van der Waals surface area contributed by atoms with Gasteiger partial charge in [0.2, 0.25) is 6.79 Å². The van der Waals surface area contributed by atoms with E-state index in [9.17, 15) is 9.59 Å². The molecule has 2 aliphatic heterocycles. The van der Waals surface area contributed by atoms with Crippen LogP contribution in [0.4, 0.5) is 0 Å². The second-order valence-corrected chi connectivity index (χ2v) is 5.12. The van der Waals surface area contributed by atoms with Crippen molar-refractivity contribution >= 4 is 11.8 Å². The highest BCUT2D eigenvalue weighted by molar-refractivity contribution is 5.98. The molecule has 1 fully saturated rings. The van der Waals surface area contributed by atoms with Crippen LogP contribution in [0.1, 0.15) is 30.1 Å². The van der Waals surface area contributed by atoms with Gasteiger partial charge in [0, 0.05) is 12.1 Å². The summed E-state index contributed by atoms with van der Waals surface area (Å²) in [6.07, 6.45) is 1.43. The maximum absolute atomic E-state index is 12.6. The van der Waals surface area contributed by atoms with Crippen molar-refractivity contribution < 1.29 is 23.9 Å². The Morgan fingerprint density at radius 1 is 1.36 bits per heavy atom. The standard InChI is InChI=1S/C15H18N2O5/c1-2-22-16-14(18)11-4-3-7-17(11)15(19)10-5-6-12-13(8-10)21-9-20-12/h5-6,8,11H,2-4,7,9H2,1H3,(H,16,18)/t11-/m1/s1. The predicted molar refractivity (Wildman–Crippen MR) is 76.4 cm³/mol. The molecule has 2 amide bonds. The third-order valence-electron chi connectivity index (χ3n) is 3.75. The number of ether oxygens (including phenoxy) is 2. The molecule has 1 saturated heterocycles. The molecule has 3 rings (SSSR count). The summed E-state index contributed by atoms with van der Waals surface area (Å²) in [6, 6.07) is 4.55. The van der Waals surface area contributed by atoms with Crippen LogP contribution in [0.3, 0.4) is 0 Å². The lowest BCUT2D eigenvalue weighted by Crippen LogP contribution is -2.45. The molecule has 7 nitrogen and oxygen atoms in total. The third-order valence-corrected chi connectivity index (χ3v) is 3.75. The first-order valence-electron chi connectivity index (χ1n) is 7.33. The number of hydrogen-bond acceptors (Lipinski definition) is 5. The Morgan fingerprint density at radius 2 is 2.18 bits per heavy atom. The van der Waals surface area contributed by atoms with E-state index in [-0.39, 0.29) is 18.6 Å². The minimum absolute atomic E-state index is 0.163. The molecule has 0 unspecified atom stereocenters. The molecule has 2 aliphatic rings.